The van der Waals surface area contributed by atoms with E-state index < -0.39 is 0 Å². The van der Waals surface area contributed by atoms with E-state index in [9.17, 15) is 4.79 Å². The van der Waals surface area contributed by atoms with Gasteiger partial charge in [-0.15, -0.1) is 0 Å². The minimum absolute atomic E-state index is 0.0834. The molecule has 0 aliphatic rings. The standard InChI is InChI=1S/C15H17NO2/c1-3-18-14-5-4-10-16(15(14)17)11-13-8-6-12(2)7-9-13/h4-10H,3,11H2,1-2H3. The van der Waals surface area contributed by atoms with Crippen molar-refractivity contribution in [2.45, 2.75) is 20.4 Å². The fourth-order valence-electron chi connectivity index (χ4n) is 1.79. The highest BCUT2D eigenvalue weighted by molar-refractivity contribution is 5.23. The number of pyridine rings is 1. The second-order valence-electron chi connectivity index (χ2n) is 4.22. The first kappa shape index (κ1) is 12.4. The van der Waals surface area contributed by atoms with E-state index >= 15 is 0 Å². The zero-order chi connectivity index (χ0) is 13.0. The molecule has 2 rings (SSSR count). The minimum atomic E-state index is -0.0834. The second kappa shape index (κ2) is 5.54. The number of aromatic nitrogens is 1. The SMILES string of the molecule is CCOc1cccn(Cc2ccc(C)cc2)c1=O. The number of aryl methyl sites for hydroxylation is 1. The molecule has 0 fully saturated rings. The van der Waals surface area contributed by atoms with Gasteiger partial charge < -0.3 is 9.30 Å². The van der Waals surface area contributed by atoms with E-state index in [4.69, 9.17) is 4.74 Å². The Kier molecular flexibility index (Phi) is 3.82. The first-order valence-electron chi connectivity index (χ1n) is 6.08. The monoisotopic (exact) mass is 243 g/mol. The highest BCUT2D eigenvalue weighted by atomic mass is 16.5. The maximum absolute atomic E-state index is 12.1. The molecule has 0 atom stereocenters. The third-order valence-corrected chi connectivity index (χ3v) is 2.76. The van der Waals surface area contributed by atoms with E-state index in [1.54, 1.807) is 16.8 Å². The Bertz CT molecular complexity index is 570. The van der Waals surface area contributed by atoms with Gasteiger partial charge in [0, 0.05) is 6.20 Å². The maximum atomic E-state index is 12.1. The van der Waals surface area contributed by atoms with Gasteiger partial charge in [0.25, 0.3) is 5.56 Å². The molecule has 0 bridgehead atoms. The summed E-state index contributed by atoms with van der Waals surface area (Å²) in [7, 11) is 0. The Morgan fingerprint density at radius 3 is 2.56 bits per heavy atom. The zero-order valence-corrected chi connectivity index (χ0v) is 10.7. The fourth-order valence-corrected chi connectivity index (χ4v) is 1.79. The summed E-state index contributed by atoms with van der Waals surface area (Å²) in [6.07, 6.45) is 1.78. The number of hydrogen-bond acceptors (Lipinski definition) is 2. The van der Waals surface area contributed by atoms with Crippen LogP contribution in [0.2, 0.25) is 0 Å². The van der Waals surface area contributed by atoms with Crippen LogP contribution in [-0.2, 0) is 6.54 Å². The van der Waals surface area contributed by atoms with Gasteiger partial charge in [0.2, 0.25) is 0 Å². The first-order chi connectivity index (χ1) is 8.70. The highest BCUT2D eigenvalue weighted by Gasteiger charge is 2.03. The predicted molar refractivity (Wildman–Crippen MR) is 72.2 cm³/mol. The summed E-state index contributed by atoms with van der Waals surface area (Å²) >= 11 is 0. The second-order valence-corrected chi connectivity index (χ2v) is 4.22. The molecule has 0 aliphatic heterocycles. The average molecular weight is 243 g/mol. The van der Waals surface area contributed by atoms with Crippen molar-refractivity contribution in [2.75, 3.05) is 6.61 Å². The van der Waals surface area contributed by atoms with Crippen molar-refractivity contribution in [2.24, 2.45) is 0 Å². The molecule has 0 unspecified atom stereocenters. The van der Waals surface area contributed by atoms with Crippen LogP contribution < -0.4 is 10.3 Å². The lowest BCUT2D eigenvalue weighted by atomic mass is 10.1. The number of hydrogen-bond donors (Lipinski definition) is 0. The number of nitrogens with zero attached hydrogens (tertiary/aromatic N) is 1. The molecule has 0 N–H and O–H groups in total. The normalized spacial score (nSPS) is 10.3. The van der Waals surface area contributed by atoms with Gasteiger partial charge in [0.05, 0.1) is 13.2 Å². The van der Waals surface area contributed by atoms with Crippen LogP contribution in [0.4, 0.5) is 0 Å². The molecule has 0 saturated carbocycles. The van der Waals surface area contributed by atoms with Gasteiger partial charge in [-0.25, -0.2) is 0 Å². The summed E-state index contributed by atoms with van der Waals surface area (Å²) in [5, 5.41) is 0. The van der Waals surface area contributed by atoms with Crippen LogP contribution in [0.3, 0.4) is 0 Å². The summed E-state index contributed by atoms with van der Waals surface area (Å²) in [5.41, 5.74) is 2.24. The summed E-state index contributed by atoms with van der Waals surface area (Å²) < 4.78 is 6.96. The molecule has 94 valence electrons. The molecule has 3 nitrogen and oxygen atoms in total. The van der Waals surface area contributed by atoms with Gasteiger partial charge in [-0.3, -0.25) is 4.79 Å². The maximum Gasteiger partial charge on any atom is 0.293 e. The van der Waals surface area contributed by atoms with Crippen LogP contribution in [0.15, 0.2) is 47.4 Å². The Morgan fingerprint density at radius 2 is 1.89 bits per heavy atom. The van der Waals surface area contributed by atoms with Crippen molar-refractivity contribution in [1.29, 1.82) is 0 Å². The van der Waals surface area contributed by atoms with Crippen molar-refractivity contribution in [3.8, 4) is 5.75 Å². The molecular weight excluding hydrogens is 226 g/mol. The van der Waals surface area contributed by atoms with Gasteiger partial charge in [0.15, 0.2) is 5.75 Å². The molecule has 1 aromatic heterocycles. The summed E-state index contributed by atoms with van der Waals surface area (Å²) in [6.45, 7) is 4.99. The first-order valence-corrected chi connectivity index (χ1v) is 6.08. The minimum Gasteiger partial charge on any atom is -0.488 e. The molecule has 0 saturated heterocycles. The average Bonchev–Trinajstić information content (AvgIpc) is 2.37. The molecular formula is C15H17NO2. The van der Waals surface area contributed by atoms with E-state index in [1.165, 1.54) is 5.56 Å². The van der Waals surface area contributed by atoms with Crippen molar-refractivity contribution < 1.29 is 4.74 Å². The molecule has 0 spiro atoms. The third kappa shape index (κ3) is 2.80. The topological polar surface area (TPSA) is 31.2 Å². The summed E-state index contributed by atoms with van der Waals surface area (Å²) in [6, 6.07) is 11.7. The van der Waals surface area contributed by atoms with Gasteiger partial charge in [-0.2, -0.15) is 0 Å². The summed E-state index contributed by atoms with van der Waals surface area (Å²) in [4.78, 5) is 12.1. The van der Waals surface area contributed by atoms with E-state index in [-0.39, 0.29) is 5.56 Å². The number of rotatable bonds is 4. The molecule has 2 aromatic rings. The number of ether oxygens (including phenoxy) is 1. The zero-order valence-electron chi connectivity index (χ0n) is 10.7. The van der Waals surface area contributed by atoms with Crippen LogP contribution in [0, 0.1) is 6.92 Å². The van der Waals surface area contributed by atoms with Crippen LogP contribution in [0.25, 0.3) is 0 Å². The van der Waals surface area contributed by atoms with E-state index in [1.807, 2.05) is 44.2 Å². The number of benzene rings is 1. The van der Waals surface area contributed by atoms with Crippen LogP contribution in [0.5, 0.6) is 5.75 Å². The molecule has 3 heteroatoms. The Labute approximate surface area is 107 Å². The Balaban J connectivity index is 2.26. The molecule has 1 aromatic carbocycles. The van der Waals surface area contributed by atoms with E-state index in [0.717, 1.165) is 5.56 Å². The molecule has 18 heavy (non-hydrogen) atoms. The lowest BCUT2D eigenvalue weighted by Crippen LogP contribution is -2.21. The fraction of sp³-hybridized carbons (Fsp3) is 0.267. The molecule has 0 amide bonds. The third-order valence-electron chi connectivity index (χ3n) is 2.76. The lowest BCUT2D eigenvalue weighted by Gasteiger charge is -2.08. The molecule has 0 aliphatic carbocycles. The molecule has 0 radical (unpaired) electrons. The Hall–Kier alpha value is -2.03. The van der Waals surface area contributed by atoms with Crippen molar-refractivity contribution in [1.82, 2.24) is 4.57 Å². The van der Waals surface area contributed by atoms with Gasteiger partial charge in [0.1, 0.15) is 0 Å². The Morgan fingerprint density at radius 1 is 1.17 bits per heavy atom. The van der Waals surface area contributed by atoms with Crippen LogP contribution >= 0.6 is 0 Å². The van der Waals surface area contributed by atoms with Crippen molar-refractivity contribution >= 4 is 0 Å². The van der Waals surface area contributed by atoms with Crippen molar-refractivity contribution in [3.63, 3.8) is 0 Å². The predicted octanol–water partition coefficient (Wildman–Crippen LogP) is 2.60. The largest absolute Gasteiger partial charge is 0.488 e. The van der Waals surface area contributed by atoms with E-state index in [2.05, 4.69) is 0 Å². The quantitative estimate of drug-likeness (QED) is 0.826. The van der Waals surface area contributed by atoms with Gasteiger partial charge in [-0.05, 0) is 31.5 Å². The highest BCUT2D eigenvalue weighted by Crippen LogP contribution is 2.06. The molecule has 1 heterocycles. The smallest absolute Gasteiger partial charge is 0.293 e. The summed E-state index contributed by atoms with van der Waals surface area (Å²) in [5.74, 6) is 0.409. The van der Waals surface area contributed by atoms with Gasteiger partial charge >= 0.3 is 0 Å². The van der Waals surface area contributed by atoms with E-state index in [0.29, 0.717) is 18.9 Å². The van der Waals surface area contributed by atoms with Gasteiger partial charge in [-0.1, -0.05) is 29.8 Å². The lowest BCUT2D eigenvalue weighted by molar-refractivity contribution is 0.332. The van der Waals surface area contributed by atoms with Crippen LogP contribution in [-0.4, -0.2) is 11.2 Å². The van der Waals surface area contributed by atoms with Crippen molar-refractivity contribution in [3.05, 3.63) is 64.1 Å². The van der Waals surface area contributed by atoms with Crippen LogP contribution in [0.1, 0.15) is 18.1 Å².